The molecule has 0 spiro atoms. The predicted octanol–water partition coefficient (Wildman–Crippen LogP) is 4.41. The molecular weight excluding hydrogens is 1080 g/mol. The van der Waals surface area contributed by atoms with Crippen LogP contribution in [0, 0.1) is 0 Å². The number of nitrogens with zero attached hydrogens (tertiary/aromatic N) is 4. The summed E-state index contributed by atoms with van der Waals surface area (Å²) in [5, 5.41) is 54.3. The number of hydroxylamine groups is 2. The summed E-state index contributed by atoms with van der Waals surface area (Å²) >= 11 is 0. The van der Waals surface area contributed by atoms with E-state index in [0.717, 1.165) is 22.6 Å². The maximum absolute atomic E-state index is 15.0. The number of rotatable bonds is 15. The summed E-state index contributed by atoms with van der Waals surface area (Å²) in [6.45, 7) is 25.4. The predicted molar refractivity (Wildman–Crippen MR) is 290 cm³/mol. The van der Waals surface area contributed by atoms with Crippen molar-refractivity contribution >= 4 is 36.4 Å². The van der Waals surface area contributed by atoms with E-state index >= 15 is 4.79 Å². The minimum absolute atomic E-state index is 0.0285. The Kier molecular flexibility index (Phi) is 22.3. The Morgan fingerprint density at radius 3 is 1.79 bits per heavy atom. The van der Waals surface area contributed by atoms with Gasteiger partial charge in [-0.25, -0.2) is 33.9 Å². The number of amides is 6. The van der Waals surface area contributed by atoms with Gasteiger partial charge in [0, 0.05) is 20.2 Å². The van der Waals surface area contributed by atoms with Gasteiger partial charge in [-0.2, -0.15) is 0 Å². The van der Waals surface area contributed by atoms with E-state index in [1.165, 1.54) is 18.9 Å². The minimum atomic E-state index is -2.35. The molecule has 12 atom stereocenters. The molecule has 472 valence electrons. The maximum Gasteiger partial charge on any atom is 0.410 e. The molecule has 27 nitrogen and oxygen atoms in total. The number of carbonyl (C=O) groups excluding carboxylic acids is 6. The van der Waals surface area contributed by atoms with Gasteiger partial charge in [0.1, 0.15) is 45.8 Å². The van der Waals surface area contributed by atoms with Gasteiger partial charge in [0.15, 0.2) is 18.2 Å². The Hall–Kier alpha value is -4.58. The van der Waals surface area contributed by atoms with E-state index in [4.69, 9.17) is 52.2 Å². The summed E-state index contributed by atoms with van der Waals surface area (Å²) in [6, 6.07) is -5.08. The lowest BCUT2D eigenvalue weighted by atomic mass is 9.84. The van der Waals surface area contributed by atoms with E-state index in [9.17, 15) is 44.4 Å². The van der Waals surface area contributed by atoms with Gasteiger partial charge >= 0.3 is 30.5 Å². The van der Waals surface area contributed by atoms with E-state index in [0.29, 0.717) is 18.1 Å². The zero-order chi connectivity index (χ0) is 61.7. The molecule has 0 aromatic carbocycles. The Balaban J connectivity index is 1.51. The van der Waals surface area contributed by atoms with Crippen molar-refractivity contribution in [2.24, 2.45) is 0 Å². The van der Waals surface area contributed by atoms with Crippen molar-refractivity contribution < 1.29 is 101 Å². The molecule has 4 heterocycles. The molecule has 0 aromatic rings. The number of ether oxygens (including phenoxy) is 10. The van der Waals surface area contributed by atoms with Crippen molar-refractivity contribution in [3.05, 3.63) is 0 Å². The first-order chi connectivity index (χ1) is 37.5. The summed E-state index contributed by atoms with van der Waals surface area (Å²) in [6.07, 6.45) is -11.3. The molecule has 6 N–H and O–H groups in total. The van der Waals surface area contributed by atoms with Crippen LogP contribution in [0.1, 0.15) is 156 Å². The zero-order valence-electron chi connectivity index (χ0n) is 51.3. The second-order valence-corrected chi connectivity index (χ2v) is 27.3. The van der Waals surface area contributed by atoms with Crippen LogP contribution in [0.2, 0.25) is 0 Å². The minimum Gasteiger partial charge on any atom is -0.444 e. The number of likely N-dealkylation sites (N-methyl/N-ethyl adjacent to an activating group) is 1. The molecule has 2 unspecified atom stereocenters. The third kappa shape index (κ3) is 20.3. The van der Waals surface area contributed by atoms with Crippen LogP contribution in [-0.2, 0) is 57.0 Å². The second-order valence-electron chi connectivity index (χ2n) is 27.3. The number of β-amino-alcohol motifs (C(OH)–C–C–N with tert-alkyl or cyclic N) is 1. The fourth-order valence-electron chi connectivity index (χ4n) is 9.95. The fourth-order valence-corrected chi connectivity index (χ4v) is 9.95. The third-order valence-electron chi connectivity index (χ3n) is 13.4. The van der Waals surface area contributed by atoms with Gasteiger partial charge in [0.2, 0.25) is 6.29 Å². The number of likely N-dealkylation sites (tertiary alicyclic amines) is 1. The summed E-state index contributed by atoms with van der Waals surface area (Å²) < 4.78 is 59.0. The highest BCUT2D eigenvalue weighted by molar-refractivity contribution is 5.88. The summed E-state index contributed by atoms with van der Waals surface area (Å²) in [5.41, 5.74) is -8.99. The first kappa shape index (κ1) is 68.2. The Labute approximate surface area is 482 Å². The topological polar surface area (TPSA) is 322 Å². The van der Waals surface area contributed by atoms with Crippen LogP contribution in [0.15, 0.2) is 0 Å². The van der Waals surface area contributed by atoms with E-state index in [1.807, 2.05) is 0 Å². The zero-order valence-corrected chi connectivity index (χ0v) is 51.3. The molecule has 1 aliphatic carbocycles. The molecule has 82 heavy (non-hydrogen) atoms. The van der Waals surface area contributed by atoms with Crippen molar-refractivity contribution in [3.63, 3.8) is 0 Å². The van der Waals surface area contributed by atoms with Gasteiger partial charge < -0.3 is 93.1 Å². The average molecular weight is 1180 g/mol. The molecule has 27 heteroatoms. The smallest absolute Gasteiger partial charge is 0.410 e. The first-order valence-electron chi connectivity index (χ1n) is 28.4. The van der Waals surface area contributed by atoms with E-state index in [-0.39, 0.29) is 39.0 Å². The van der Waals surface area contributed by atoms with Crippen LogP contribution in [0.4, 0.5) is 24.0 Å². The number of aliphatic hydroxyl groups is 4. The number of nitrogens with one attached hydrogen (secondary N) is 2. The Morgan fingerprint density at radius 1 is 0.683 bits per heavy atom. The molecule has 4 aliphatic heterocycles. The number of alkyl carbamates (subject to hydrolysis) is 2. The molecule has 0 bridgehead atoms. The van der Waals surface area contributed by atoms with Crippen molar-refractivity contribution in [1.82, 2.24) is 30.4 Å². The highest BCUT2D eigenvalue weighted by Crippen LogP contribution is 2.37. The first-order valence-corrected chi connectivity index (χ1v) is 28.4. The lowest BCUT2D eigenvalue weighted by Gasteiger charge is -2.51. The van der Waals surface area contributed by atoms with Crippen LogP contribution >= 0.6 is 0 Å². The van der Waals surface area contributed by atoms with E-state index in [1.54, 1.807) is 104 Å². The van der Waals surface area contributed by atoms with Gasteiger partial charge in [-0.15, -0.1) is 0 Å². The van der Waals surface area contributed by atoms with Crippen molar-refractivity contribution in [2.45, 2.75) is 262 Å². The molecule has 0 radical (unpaired) electrons. The van der Waals surface area contributed by atoms with Crippen molar-refractivity contribution in [3.8, 4) is 0 Å². The summed E-state index contributed by atoms with van der Waals surface area (Å²) in [4.78, 5) is 92.4. The lowest BCUT2D eigenvalue weighted by molar-refractivity contribution is -0.352. The van der Waals surface area contributed by atoms with Crippen LogP contribution in [0.25, 0.3) is 0 Å². The van der Waals surface area contributed by atoms with Crippen LogP contribution < -0.4 is 10.6 Å². The van der Waals surface area contributed by atoms with Crippen LogP contribution in [-0.4, -0.2) is 236 Å². The van der Waals surface area contributed by atoms with Crippen molar-refractivity contribution in [1.29, 1.82) is 0 Å². The van der Waals surface area contributed by atoms with Crippen molar-refractivity contribution in [2.75, 3.05) is 53.0 Å². The monoisotopic (exact) mass is 1180 g/mol. The van der Waals surface area contributed by atoms with Gasteiger partial charge in [-0.05, 0) is 156 Å². The largest absolute Gasteiger partial charge is 0.444 e. The average Bonchev–Trinajstić information content (AvgIpc) is 2.83. The normalized spacial score (nSPS) is 29.9. The fraction of sp³-hybridized carbons (Fsp3) is 0.891. The molecule has 0 aromatic heterocycles. The quantitative estimate of drug-likeness (QED) is 0.0977. The summed E-state index contributed by atoms with van der Waals surface area (Å²) in [7, 11) is 1.29. The lowest BCUT2D eigenvalue weighted by Crippen LogP contribution is -2.73. The number of carbonyl (C=O) groups is 6. The van der Waals surface area contributed by atoms with Gasteiger partial charge in [0.25, 0.3) is 5.91 Å². The highest BCUT2D eigenvalue weighted by Gasteiger charge is 2.58. The number of aliphatic hydroxyl groups excluding tert-OH is 2. The molecule has 6 amide bonds. The Morgan fingerprint density at radius 2 is 1.24 bits per heavy atom. The van der Waals surface area contributed by atoms with Crippen LogP contribution in [0.5, 0.6) is 0 Å². The Bertz CT molecular complexity index is 2170. The van der Waals surface area contributed by atoms with Gasteiger partial charge in [0.05, 0.1) is 69.2 Å². The van der Waals surface area contributed by atoms with E-state index < -0.39 is 169 Å². The van der Waals surface area contributed by atoms with Gasteiger partial charge in [-0.1, -0.05) is 0 Å². The second kappa shape index (κ2) is 26.8. The molecule has 1 saturated carbocycles. The van der Waals surface area contributed by atoms with E-state index in [2.05, 4.69) is 10.6 Å². The molecule has 4 saturated heterocycles. The molecule has 5 fully saturated rings. The number of hydrogen-bond acceptors (Lipinski definition) is 21. The molecular formula is C55H96N6O21. The standard InChI is InChI=1S/C55H96N6O21/c1-49(2,3)77-44(65)56-34-22-21-33(28-59(47(68)80-52(10,11)12)23-25-73-37-20-18-19-24-72-37)75-41(34)76-39-35(57-45(66)78-50(4,5)6)26-32(27-36(39)62)61(43(64)55(71)29-60(30-55)48(69)81-53(13,14)15)82-42-38(63)40(54(16,70)31-74-42)58(17)46(67)79-51(7,8)9/h32-42,62-63,70-71H,18-31H2,1-17H3,(H,56,65)(H,57,66)/t32?,33-,34+,35-,36-,37?,38+,39+,40+,41+,42+,54-/m0/s1. The third-order valence-corrected chi connectivity index (χ3v) is 13.4. The SMILES string of the molecule is CN(C(=O)OC(C)(C)C)[C@@H]1[C@@H](O)[C@@H](ON(C(=O)C2(O)CN(C(=O)OC(C)(C)C)C2)C2C[C@H](NC(=O)OC(C)(C)C)[C@@H](O[C@H]3O[C@H](CN(CCOC4CCCCO4)C(=O)OC(C)(C)C)CC[C@H]3NC(=O)OC(C)(C)C)[C@@H](O)C2)OC[C@]1(C)O. The summed E-state index contributed by atoms with van der Waals surface area (Å²) in [5.74, 6) is -1.16. The van der Waals surface area contributed by atoms with Gasteiger partial charge in [-0.3, -0.25) is 4.79 Å². The van der Waals surface area contributed by atoms with Crippen LogP contribution in [0.3, 0.4) is 0 Å². The number of hydrogen-bond donors (Lipinski definition) is 6. The maximum atomic E-state index is 15.0. The molecule has 5 rings (SSSR count). The highest BCUT2D eigenvalue weighted by atomic mass is 16.8. The molecule has 5 aliphatic rings.